The Balaban J connectivity index is 2.29. The van der Waals surface area contributed by atoms with Crippen LogP contribution in [0.1, 0.15) is 12.2 Å². The molecule has 0 aliphatic carbocycles. The van der Waals surface area contributed by atoms with E-state index in [1.54, 1.807) is 37.2 Å². The second-order valence-electron chi connectivity index (χ2n) is 4.32. The third kappa shape index (κ3) is 3.69. The van der Waals surface area contributed by atoms with Gasteiger partial charge in [0.25, 0.3) is 0 Å². The van der Waals surface area contributed by atoms with Gasteiger partial charge in [0.2, 0.25) is 0 Å². The lowest BCUT2D eigenvalue weighted by Crippen LogP contribution is -2.11. The third-order valence-corrected chi connectivity index (χ3v) is 2.66. The van der Waals surface area contributed by atoms with Crippen molar-refractivity contribution in [1.29, 1.82) is 0 Å². The summed E-state index contributed by atoms with van der Waals surface area (Å²) in [5, 5.41) is 6.84. The van der Waals surface area contributed by atoms with Crippen LogP contribution in [0.3, 0.4) is 0 Å². The highest BCUT2D eigenvalue weighted by atomic mass is 19.4. The van der Waals surface area contributed by atoms with Crippen LogP contribution in [0.4, 0.5) is 19.0 Å². The average molecular weight is 285 g/mol. The summed E-state index contributed by atoms with van der Waals surface area (Å²) in [6.45, 7) is 0. The highest BCUT2D eigenvalue weighted by Gasteiger charge is 2.27. The third-order valence-electron chi connectivity index (χ3n) is 2.66. The lowest BCUT2D eigenvalue weighted by molar-refractivity contribution is -0.134. The van der Waals surface area contributed by atoms with E-state index in [1.165, 1.54) is 0 Å². The molecule has 2 aromatic rings. The van der Waals surface area contributed by atoms with E-state index in [1.807, 2.05) is 0 Å². The summed E-state index contributed by atoms with van der Waals surface area (Å²) in [4.78, 5) is 8.20. The minimum absolute atomic E-state index is 0.160. The second-order valence-corrected chi connectivity index (χ2v) is 4.32. The van der Waals surface area contributed by atoms with Crippen LogP contribution in [0.5, 0.6) is 0 Å². The topological polar surface area (TPSA) is 55.6 Å². The van der Waals surface area contributed by atoms with Gasteiger partial charge in [-0.3, -0.25) is 4.68 Å². The Kier molecular flexibility index (Phi) is 3.91. The molecule has 2 aromatic heterocycles. The zero-order valence-electron chi connectivity index (χ0n) is 11.1. The van der Waals surface area contributed by atoms with E-state index in [2.05, 4.69) is 20.4 Å². The standard InChI is InChI=1S/C12H14F3N5/c1-16-11-5-9(8-6-17-20(2)7-8)18-10(19-11)3-4-12(13,14)15/h5-7H,3-4H2,1-2H3,(H,16,18,19). The minimum Gasteiger partial charge on any atom is -0.373 e. The Hall–Kier alpha value is -2.12. The van der Waals surface area contributed by atoms with Crippen LogP contribution >= 0.6 is 0 Å². The van der Waals surface area contributed by atoms with Gasteiger partial charge in [0.05, 0.1) is 18.3 Å². The first kappa shape index (κ1) is 14.3. The zero-order chi connectivity index (χ0) is 14.8. The molecule has 0 atom stereocenters. The molecular weight excluding hydrogens is 271 g/mol. The molecule has 0 radical (unpaired) electrons. The Bertz CT molecular complexity index is 591. The molecule has 2 rings (SSSR count). The summed E-state index contributed by atoms with van der Waals surface area (Å²) in [5.74, 6) is 0.643. The number of rotatable bonds is 4. The van der Waals surface area contributed by atoms with Crippen molar-refractivity contribution in [2.75, 3.05) is 12.4 Å². The molecule has 0 spiro atoms. The van der Waals surface area contributed by atoms with E-state index in [0.29, 0.717) is 11.5 Å². The van der Waals surface area contributed by atoms with Crippen molar-refractivity contribution in [3.05, 3.63) is 24.3 Å². The number of aryl methyl sites for hydroxylation is 2. The molecule has 0 amide bonds. The molecule has 0 saturated carbocycles. The monoisotopic (exact) mass is 285 g/mol. The van der Waals surface area contributed by atoms with E-state index in [0.717, 1.165) is 5.56 Å². The zero-order valence-corrected chi connectivity index (χ0v) is 11.1. The van der Waals surface area contributed by atoms with Crippen LogP contribution in [0.2, 0.25) is 0 Å². The van der Waals surface area contributed by atoms with Gasteiger partial charge in [-0.25, -0.2) is 9.97 Å². The van der Waals surface area contributed by atoms with Crippen molar-refractivity contribution in [1.82, 2.24) is 19.7 Å². The highest BCUT2D eigenvalue weighted by molar-refractivity contribution is 5.60. The predicted molar refractivity (Wildman–Crippen MR) is 68.2 cm³/mol. The van der Waals surface area contributed by atoms with Gasteiger partial charge in [0.15, 0.2) is 0 Å². The fourth-order valence-corrected chi connectivity index (χ4v) is 1.69. The normalized spacial score (nSPS) is 11.7. The molecular formula is C12H14F3N5. The molecule has 0 aliphatic heterocycles. The van der Waals surface area contributed by atoms with Gasteiger partial charge in [-0.2, -0.15) is 18.3 Å². The number of anilines is 1. The Morgan fingerprint density at radius 2 is 2.05 bits per heavy atom. The fraction of sp³-hybridized carbons (Fsp3) is 0.417. The quantitative estimate of drug-likeness (QED) is 0.937. The first-order valence-electron chi connectivity index (χ1n) is 5.99. The molecule has 0 aromatic carbocycles. The van der Waals surface area contributed by atoms with Crippen molar-refractivity contribution in [3.8, 4) is 11.3 Å². The average Bonchev–Trinajstić information content (AvgIpc) is 2.82. The molecule has 0 unspecified atom stereocenters. The van der Waals surface area contributed by atoms with E-state index < -0.39 is 12.6 Å². The summed E-state index contributed by atoms with van der Waals surface area (Å²) in [6, 6.07) is 1.67. The van der Waals surface area contributed by atoms with Crippen molar-refractivity contribution in [3.63, 3.8) is 0 Å². The van der Waals surface area contributed by atoms with Crippen molar-refractivity contribution < 1.29 is 13.2 Å². The molecule has 0 fully saturated rings. The molecule has 2 heterocycles. The van der Waals surface area contributed by atoms with Crippen LogP contribution in [0.15, 0.2) is 18.5 Å². The number of nitrogens with zero attached hydrogens (tertiary/aromatic N) is 4. The molecule has 8 heteroatoms. The number of aromatic nitrogens is 4. The van der Waals surface area contributed by atoms with Crippen LogP contribution < -0.4 is 5.32 Å². The number of halogens is 3. The van der Waals surface area contributed by atoms with Gasteiger partial charge >= 0.3 is 6.18 Å². The number of nitrogens with one attached hydrogen (secondary N) is 1. The lowest BCUT2D eigenvalue weighted by atomic mass is 10.2. The maximum absolute atomic E-state index is 12.3. The van der Waals surface area contributed by atoms with Gasteiger partial charge in [-0.15, -0.1) is 0 Å². The van der Waals surface area contributed by atoms with Gasteiger partial charge in [-0.1, -0.05) is 0 Å². The number of hydrogen-bond acceptors (Lipinski definition) is 4. The fourth-order valence-electron chi connectivity index (χ4n) is 1.69. The van der Waals surface area contributed by atoms with Gasteiger partial charge in [0.1, 0.15) is 11.6 Å². The number of alkyl halides is 3. The summed E-state index contributed by atoms with van der Waals surface area (Å²) in [5.41, 5.74) is 1.29. The summed E-state index contributed by atoms with van der Waals surface area (Å²) >= 11 is 0. The first-order valence-corrected chi connectivity index (χ1v) is 5.99. The lowest BCUT2D eigenvalue weighted by Gasteiger charge is -2.08. The number of hydrogen-bond donors (Lipinski definition) is 1. The summed E-state index contributed by atoms with van der Waals surface area (Å²) in [7, 11) is 3.41. The van der Waals surface area contributed by atoms with Gasteiger partial charge in [-0.05, 0) is 0 Å². The van der Waals surface area contributed by atoms with Gasteiger partial charge < -0.3 is 5.32 Å². The minimum atomic E-state index is -4.21. The van der Waals surface area contributed by atoms with E-state index in [-0.39, 0.29) is 12.2 Å². The Morgan fingerprint density at radius 3 is 2.60 bits per heavy atom. The van der Waals surface area contributed by atoms with Crippen LogP contribution in [-0.2, 0) is 13.5 Å². The molecule has 108 valence electrons. The van der Waals surface area contributed by atoms with E-state index >= 15 is 0 Å². The van der Waals surface area contributed by atoms with Crippen LogP contribution in [0.25, 0.3) is 11.3 Å². The summed E-state index contributed by atoms with van der Waals surface area (Å²) < 4.78 is 38.4. The summed E-state index contributed by atoms with van der Waals surface area (Å²) in [6.07, 6.45) is -2.04. The van der Waals surface area contributed by atoms with Gasteiger partial charge in [0, 0.05) is 38.3 Å². The van der Waals surface area contributed by atoms with Crippen LogP contribution in [0, 0.1) is 0 Å². The molecule has 0 aliphatic rings. The molecule has 20 heavy (non-hydrogen) atoms. The van der Waals surface area contributed by atoms with Crippen molar-refractivity contribution >= 4 is 5.82 Å². The Labute approximate surface area is 113 Å². The molecule has 0 saturated heterocycles. The van der Waals surface area contributed by atoms with Crippen molar-refractivity contribution in [2.45, 2.75) is 19.0 Å². The molecule has 5 nitrogen and oxygen atoms in total. The maximum Gasteiger partial charge on any atom is 0.389 e. The second kappa shape index (κ2) is 5.48. The van der Waals surface area contributed by atoms with Crippen molar-refractivity contribution in [2.24, 2.45) is 7.05 Å². The smallest absolute Gasteiger partial charge is 0.373 e. The van der Waals surface area contributed by atoms with E-state index in [9.17, 15) is 13.2 Å². The van der Waals surface area contributed by atoms with E-state index in [4.69, 9.17) is 0 Å². The molecule has 0 bridgehead atoms. The predicted octanol–water partition coefficient (Wildman–Crippen LogP) is 2.41. The van der Waals surface area contributed by atoms with Crippen LogP contribution in [-0.4, -0.2) is 33.0 Å². The Morgan fingerprint density at radius 1 is 1.30 bits per heavy atom. The highest BCUT2D eigenvalue weighted by Crippen LogP contribution is 2.23. The molecule has 1 N–H and O–H groups in total. The largest absolute Gasteiger partial charge is 0.389 e. The SMILES string of the molecule is CNc1cc(-c2cnn(C)c2)nc(CCC(F)(F)F)n1. The first-order chi connectivity index (χ1) is 9.37. The maximum atomic E-state index is 12.3.